The molecule has 2 unspecified atom stereocenters. The van der Waals surface area contributed by atoms with E-state index in [1.807, 2.05) is 44.4 Å². The summed E-state index contributed by atoms with van der Waals surface area (Å²) in [5.74, 6) is 1.56. The molecule has 0 bridgehead atoms. The van der Waals surface area contributed by atoms with Gasteiger partial charge in [0, 0.05) is 12.5 Å². The van der Waals surface area contributed by atoms with Crippen molar-refractivity contribution in [3.63, 3.8) is 0 Å². The van der Waals surface area contributed by atoms with Gasteiger partial charge in [0.2, 0.25) is 0 Å². The molecular weight excluding hydrogens is 322 g/mol. The summed E-state index contributed by atoms with van der Waals surface area (Å²) < 4.78 is 5.22. The lowest BCUT2D eigenvalue weighted by molar-refractivity contribution is -0.121. The highest BCUT2D eigenvalue weighted by atomic mass is 16.5. The number of ketones is 1. The number of hydrogen-bond donors (Lipinski definition) is 0. The van der Waals surface area contributed by atoms with Crippen molar-refractivity contribution in [2.24, 2.45) is 5.92 Å². The normalized spacial score (nSPS) is 22.0. The van der Waals surface area contributed by atoms with E-state index in [2.05, 4.69) is 35.2 Å². The van der Waals surface area contributed by atoms with Crippen molar-refractivity contribution < 1.29 is 9.53 Å². The van der Waals surface area contributed by atoms with Gasteiger partial charge in [-0.3, -0.25) is 4.79 Å². The van der Waals surface area contributed by atoms with Crippen molar-refractivity contribution in [3.05, 3.63) is 71.3 Å². The zero-order valence-electron chi connectivity index (χ0n) is 15.8. The van der Waals surface area contributed by atoms with E-state index in [1.54, 1.807) is 7.11 Å². The summed E-state index contributed by atoms with van der Waals surface area (Å²) in [6, 6.07) is 18.5. The fourth-order valence-electron chi connectivity index (χ4n) is 3.77. The van der Waals surface area contributed by atoms with Crippen LogP contribution in [0.2, 0.25) is 0 Å². The molecule has 0 spiro atoms. The molecule has 3 rings (SSSR count). The molecule has 1 aliphatic carbocycles. The first-order valence-corrected chi connectivity index (χ1v) is 9.15. The summed E-state index contributed by atoms with van der Waals surface area (Å²) >= 11 is 0. The average Bonchev–Trinajstić information content (AvgIpc) is 2.66. The Morgan fingerprint density at radius 1 is 1.08 bits per heavy atom. The van der Waals surface area contributed by atoms with Crippen LogP contribution in [0.4, 0.5) is 0 Å². The summed E-state index contributed by atoms with van der Waals surface area (Å²) in [4.78, 5) is 15.2. The SMILES string of the molecule is COc1ccc(/C=C2\CC(c3ccccc3)CC(CN(C)C)C2=O)cc1. The summed E-state index contributed by atoms with van der Waals surface area (Å²) in [5, 5.41) is 0. The number of allylic oxidation sites excluding steroid dienone is 1. The van der Waals surface area contributed by atoms with Gasteiger partial charge in [-0.15, -0.1) is 0 Å². The van der Waals surface area contributed by atoms with Gasteiger partial charge >= 0.3 is 0 Å². The number of nitrogens with zero attached hydrogens (tertiary/aromatic N) is 1. The van der Waals surface area contributed by atoms with E-state index in [1.165, 1.54) is 5.56 Å². The number of Topliss-reactive ketones (excluding diaryl/α,β-unsaturated/α-hetero) is 1. The minimum atomic E-state index is 0.0495. The minimum Gasteiger partial charge on any atom is -0.497 e. The van der Waals surface area contributed by atoms with Gasteiger partial charge in [-0.2, -0.15) is 0 Å². The van der Waals surface area contributed by atoms with Crippen LogP contribution < -0.4 is 4.74 Å². The van der Waals surface area contributed by atoms with Gasteiger partial charge in [-0.25, -0.2) is 0 Å². The van der Waals surface area contributed by atoms with E-state index < -0.39 is 0 Å². The molecule has 0 aliphatic heterocycles. The number of methoxy groups -OCH3 is 1. The van der Waals surface area contributed by atoms with E-state index in [4.69, 9.17) is 4.74 Å². The molecule has 2 atom stereocenters. The van der Waals surface area contributed by atoms with Gasteiger partial charge < -0.3 is 9.64 Å². The Bertz CT molecular complexity index is 763. The van der Waals surface area contributed by atoms with Gasteiger partial charge in [0.05, 0.1) is 7.11 Å². The molecule has 1 aliphatic rings. The van der Waals surface area contributed by atoms with E-state index >= 15 is 0 Å². The third kappa shape index (κ3) is 4.41. The molecule has 1 fully saturated rings. The van der Waals surface area contributed by atoms with Crippen LogP contribution in [0.3, 0.4) is 0 Å². The lowest BCUT2D eigenvalue weighted by atomic mass is 9.74. The zero-order valence-corrected chi connectivity index (χ0v) is 15.8. The molecule has 2 aromatic rings. The summed E-state index contributed by atoms with van der Waals surface area (Å²) in [6.45, 7) is 0.794. The summed E-state index contributed by atoms with van der Waals surface area (Å²) in [6.07, 6.45) is 3.78. The van der Waals surface area contributed by atoms with Crippen molar-refractivity contribution in [1.29, 1.82) is 0 Å². The van der Waals surface area contributed by atoms with Crippen LogP contribution in [0.15, 0.2) is 60.2 Å². The van der Waals surface area contributed by atoms with Crippen LogP contribution in [0.1, 0.15) is 29.9 Å². The number of carbonyl (C=O) groups excluding carboxylic acids is 1. The fourth-order valence-corrected chi connectivity index (χ4v) is 3.77. The van der Waals surface area contributed by atoms with Gasteiger partial charge in [0.25, 0.3) is 0 Å². The number of rotatable bonds is 5. The monoisotopic (exact) mass is 349 g/mol. The Morgan fingerprint density at radius 3 is 2.38 bits per heavy atom. The highest BCUT2D eigenvalue weighted by Crippen LogP contribution is 2.38. The Labute approximate surface area is 156 Å². The molecule has 2 aromatic carbocycles. The van der Waals surface area contributed by atoms with Crippen LogP contribution in [0.5, 0.6) is 5.75 Å². The third-order valence-corrected chi connectivity index (χ3v) is 5.04. The smallest absolute Gasteiger partial charge is 0.163 e. The van der Waals surface area contributed by atoms with Crippen LogP contribution in [0.25, 0.3) is 6.08 Å². The summed E-state index contributed by atoms with van der Waals surface area (Å²) in [7, 11) is 5.73. The average molecular weight is 349 g/mol. The molecular formula is C23H27NO2. The van der Waals surface area contributed by atoms with E-state index in [0.29, 0.717) is 11.7 Å². The maximum atomic E-state index is 13.0. The number of benzene rings is 2. The summed E-state index contributed by atoms with van der Waals surface area (Å²) in [5.41, 5.74) is 3.30. The quantitative estimate of drug-likeness (QED) is 0.749. The largest absolute Gasteiger partial charge is 0.497 e. The second kappa shape index (κ2) is 8.33. The highest BCUT2D eigenvalue weighted by Gasteiger charge is 2.33. The van der Waals surface area contributed by atoms with Crippen LogP contribution in [0, 0.1) is 5.92 Å². The maximum Gasteiger partial charge on any atom is 0.163 e. The van der Waals surface area contributed by atoms with Gasteiger partial charge in [0.15, 0.2) is 5.78 Å². The fraction of sp³-hybridized carbons (Fsp3) is 0.348. The van der Waals surface area contributed by atoms with Gasteiger partial charge in [0.1, 0.15) is 5.75 Å². The van der Waals surface area contributed by atoms with Crippen molar-refractivity contribution in [1.82, 2.24) is 4.90 Å². The van der Waals surface area contributed by atoms with Crippen LogP contribution >= 0.6 is 0 Å². The first-order valence-electron chi connectivity index (χ1n) is 9.15. The maximum absolute atomic E-state index is 13.0. The second-order valence-electron chi connectivity index (χ2n) is 7.31. The third-order valence-electron chi connectivity index (χ3n) is 5.04. The van der Waals surface area contributed by atoms with Gasteiger partial charge in [-0.1, -0.05) is 42.5 Å². The molecule has 26 heavy (non-hydrogen) atoms. The first-order chi connectivity index (χ1) is 12.6. The zero-order chi connectivity index (χ0) is 18.5. The molecule has 0 radical (unpaired) electrons. The Morgan fingerprint density at radius 2 is 1.77 bits per heavy atom. The predicted octanol–water partition coefficient (Wildman–Crippen LogP) is 4.40. The van der Waals surface area contributed by atoms with Crippen molar-refractivity contribution in [3.8, 4) is 5.75 Å². The van der Waals surface area contributed by atoms with E-state index in [-0.39, 0.29) is 5.92 Å². The highest BCUT2D eigenvalue weighted by molar-refractivity contribution is 6.02. The molecule has 0 heterocycles. The number of carbonyl (C=O) groups is 1. The predicted molar refractivity (Wildman–Crippen MR) is 106 cm³/mol. The molecule has 1 saturated carbocycles. The molecule has 0 aromatic heterocycles. The molecule has 3 heteroatoms. The Balaban J connectivity index is 1.90. The van der Waals surface area contributed by atoms with Gasteiger partial charge in [-0.05, 0) is 67.8 Å². The van der Waals surface area contributed by atoms with Crippen molar-refractivity contribution in [2.75, 3.05) is 27.7 Å². The first kappa shape index (κ1) is 18.4. The molecule has 3 nitrogen and oxygen atoms in total. The minimum absolute atomic E-state index is 0.0495. The lowest BCUT2D eigenvalue weighted by Gasteiger charge is -2.32. The second-order valence-corrected chi connectivity index (χ2v) is 7.31. The topological polar surface area (TPSA) is 29.5 Å². The van der Waals surface area contributed by atoms with Crippen molar-refractivity contribution >= 4 is 11.9 Å². The molecule has 0 saturated heterocycles. The molecule has 0 amide bonds. The Hall–Kier alpha value is -2.39. The van der Waals surface area contributed by atoms with E-state index in [0.717, 1.165) is 36.3 Å². The Kier molecular flexibility index (Phi) is 5.89. The van der Waals surface area contributed by atoms with Crippen LogP contribution in [-0.4, -0.2) is 38.4 Å². The number of hydrogen-bond acceptors (Lipinski definition) is 3. The number of ether oxygens (including phenoxy) is 1. The lowest BCUT2D eigenvalue weighted by Crippen LogP contribution is -2.34. The van der Waals surface area contributed by atoms with Crippen molar-refractivity contribution in [2.45, 2.75) is 18.8 Å². The molecule has 0 N–H and O–H groups in total. The van der Waals surface area contributed by atoms with Crippen LogP contribution in [-0.2, 0) is 4.79 Å². The standard InChI is InChI=1S/C23H27NO2/c1-24(2)16-21-15-19(18-7-5-4-6-8-18)14-20(23(21)25)13-17-9-11-22(26-3)12-10-17/h4-13,19,21H,14-16H2,1-3H3/b20-13+. The van der Waals surface area contributed by atoms with E-state index in [9.17, 15) is 4.79 Å². The molecule has 136 valence electrons.